The van der Waals surface area contributed by atoms with Crippen LogP contribution in [0.25, 0.3) is 0 Å². The van der Waals surface area contributed by atoms with E-state index >= 15 is 0 Å². The van der Waals surface area contributed by atoms with E-state index in [1.54, 1.807) is 42.5 Å². The Morgan fingerprint density at radius 2 is 1.29 bits per heavy atom. The number of rotatable bonds is 10. The molecule has 0 aliphatic heterocycles. The van der Waals surface area contributed by atoms with Crippen LogP contribution in [0.1, 0.15) is 32.6 Å². The zero-order valence-electron chi connectivity index (χ0n) is 20.6. The van der Waals surface area contributed by atoms with E-state index in [-0.39, 0.29) is 29.7 Å². The molecule has 0 saturated carbocycles. The summed E-state index contributed by atoms with van der Waals surface area (Å²) in [6.07, 6.45) is -0.608. The standard InChI is InChI=1S/C31H28N2O5/c32-29(35)31(37,24-16-8-3-9-17-24)26-19-11-10-18-25(26)28(34)27(20-22-12-4-1-5-13-22)33-30(36)38-21-23-14-6-2-7-15-23/h1-19,27,37H,20-21H2,(H2,32,35)(H,33,36)/t27-,31?/m0/s1. The largest absolute Gasteiger partial charge is 0.445 e. The zero-order chi connectivity index (χ0) is 27.0. The van der Waals surface area contributed by atoms with Crippen molar-refractivity contribution >= 4 is 17.8 Å². The first-order valence-electron chi connectivity index (χ1n) is 12.1. The number of primary amides is 1. The van der Waals surface area contributed by atoms with Gasteiger partial charge in [-0.3, -0.25) is 9.59 Å². The molecule has 4 aromatic rings. The van der Waals surface area contributed by atoms with Gasteiger partial charge in [-0.2, -0.15) is 0 Å². The summed E-state index contributed by atoms with van der Waals surface area (Å²) in [7, 11) is 0. The molecule has 0 fully saturated rings. The number of alkyl carbamates (subject to hydrolysis) is 1. The maximum atomic E-state index is 13.9. The highest BCUT2D eigenvalue weighted by Crippen LogP contribution is 2.32. The molecule has 0 heterocycles. The number of nitrogens with one attached hydrogen (secondary N) is 1. The predicted octanol–water partition coefficient (Wildman–Crippen LogP) is 4.13. The van der Waals surface area contributed by atoms with Crippen LogP contribution >= 0.6 is 0 Å². The molecule has 192 valence electrons. The topological polar surface area (TPSA) is 119 Å². The summed E-state index contributed by atoms with van der Waals surface area (Å²) in [4.78, 5) is 39.3. The minimum Gasteiger partial charge on any atom is -0.445 e. The molecular weight excluding hydrogens is 480 g/mol. The second-order valence-electron chi connectivity index (χ2n) is 8.80. The zero-order valence-corrected chi connectivity index (χ0v) is 20.6. The first kappa shape index (κ1) is 26.3. The number of Topliss-reactive ketones (excluding diaryl/α,β-unsaturated/α-hetero) is 1. The number of aliphatic hydroxyl groups is 1. The van der Waals surface area contributed by atoms with Crippen molar-refractivity contribution in [2.45, 2.75) is 24.7 Å². The number of hydrogen-bond acceptors (Lipinski definition) is 5. The molecule has 0 radical (unpaired) electrons. The van der Waals surface area contributed by atoms with E-state index in [2.05, 4.69) is 5.32 Å². The Balaban J connectivity index is 1.67. The van der Waals surface area contributed by atoms with Crippen molar-refractivity contribution < 1.29 is 24.2 Å². The molecule has 2 atom stereocenters. The third-order valence-corrected chi connectivity index (χ3v) is 6.23. The summed E-state index contributed by atoms with van der Waals surface area (Å²) in [5.41, 5.74) is 5.34. The van der Waals surface area contributed by atoms with Gasteiger partial charge in [-0.1, -0.05) is 115 Å². The van der Waals surface area contributed by atoms with Crippen LogP contribution in [-0.2, 0) is 28.2 Å². The molecule has 4 rings (SSSR count). The number of ether oxygens (including phenoxy) is 1. The number of amides is 2. The lowest BCUT2D eigenvalue weighted by molar-refractivity contribution is -0.133. The van der Waals surface area contributed by atoms with Crippen LogP contribution in [0, 0.1) is 0 Å². The van der Waals surface area contributed by atoms with Gasteiger partial charge in [0.05, 0.1) is 6.04 Å². The molecule has 1 unspecified atom stereocenters. The molecule has 0 aliphatic carbocycles. The summed E-state index contributed by atoms with van der Waals surface area (Å²) in [6, 6.07) is 31.7. The number of hydrogen-bond donors (Lipinski definition) is 3. The van der Waals surface area contributed by atoms with Crippen molar-refractivity contribution in [1.82, 2.24) is 5.32 Å². The van der Waals surface area contributed by atoms with E-state index in [9.17, 15) is 19.5 Å². The minimum atomic E-state index is -2.27. The molecule has 38 heavy (non-hydrogen) atoms. The van der Waals surface area contributed by atoms with Crippen LogP contribution in [0.5, 0.6) is 0 Å². The van der Waals surface area contributed by atoms with Gasteiger partial charge in [-0.25, -0.2) is 4.79 Å². The Labute approximate surface area is 220 Å². The number of nitrogens with two attached hydrogens (primary N) is 1. The first-order chi connectivity index (χ1) is 18.4. The highest BCUT2D eigenvalue weighted by Gasteiger charge is 2.41. The number of carbonyl (C=O) groups excluding carboxylic acids is 3. The lowest BCUT2D eigenvalue weighted by Gasteiger charge is -2.28. The van der Waals surface area contributed by atoms with E-state index in [0.717, 1.165) is 11.1 Å². The summed E-state index contributed by atoms with van der Waals surface area (Å²) in [5.74, 6) is -1.53. The highest BCUT2D eigenvalue weighted by molar-refractivity contribution is 6.05. The van der Waals surface area contributed by atoms with Gasteiger partial charge in [-0.05, 0) is 16.7 Å². The van der Waals surface area contributed by atoms with Gasteiger partial charge in [0.1, 0.15) is 6.61 Å². The Morgan fingerprint density at radius 3 is 1.89 bits per heavy atom. The molecular formula is C31H28N2O5. The molecule has 4 N–H and O–H groups in total. The Kier molecular flexibility index (Phi) is 8.30. The summed E-state index contributed by atoms with van der Waals surface area (Å²) < 4.78 is 5.36. The third kappa shape index (κ3) is 5.96. The SMILES string of the molecule is NC(=O)C(O)(c1ccccc1)c1ccccc1C(=O)[C@H](Cc1ccccc1)NC(=O)OCc1ccccc1. The molecule has 0 saturated heterocycles. The quantitative estimate of drug-likeness (QED) is 0.278. The average Bonchev–Trinajstić information content (AvgIpc) is 2.96. The minimum absolute atomic E-state index is 0.0289. The van der Waals surface area contributed by atoms with Crippen LogP contribution in [0.3, 0.4) is 0 Å². The van der Waals surface area contributed by atoms with E-state index in [4.69, 9.17) is 10.5 Å². The average molecular weight is 509 g/mol. The highest BCUT2D eigenvalue weighted by atomic mass is 16.5. The van der Waals surface area contributed by atoms with E-state index < -0.39 is 29.4 Å². The van der Waals surface area contributed by atoms with Crippen LogP contribution in [-0.4, -0.2) is 28.9 Å². The summed E-state index contributed by atoms with van der Waals surface area (Å²) >= 11 is 0. The Bertz CT molecular complexity index is 1390. The number of carbonyl (C=O) groups is 3. The van der Waals surface area contributed by atoms with Gasteiger partial charge < -0.3 is 20.9 Å². The van der Waals surface area contributed by atoms with Crippen LogP contribution in [0.4, 0.5) is 4.79 Å². The van der Waals surface area contributed by atoms with Crippen molar-refractivity contribution in [3.8, 4) is 0 Å². The van der Waals surface area contributed by atoms with Crippen molar-refractivity contribution in [1.29, 1.82) is 0 Å². The van der Waals surface area contributed by atoms with Gasteiger partial charge in [-0.15, -0.1) is 0 Å². The fourth-order valence-electron chi connectivity index (χ4n) is 4.28. The van der Waals surface area contributed by atoms with Crippen LogP contribution < -0.4 is 11.1 Å². The lowest BCUT2D eigenvalue weighted by atomic mass is 9.81. The van der Waals surface area contributed by atoms with Crippen molar-refractivity contribution in [3.63, 3.8) is 0 Å². The van der Waals surface area contributed by atoms with E-state index in [1.165, 1.54) is 12.1 Å². The van der Waals surface area contributed by atoms with Gasteiger partial charge in [0.2, 0.25) is 0 Å². The second kappa shape index (κ2) is 12.0. The molecule has 0 aliphatic rings. The van der Waals surface area contributed by atoms with Crippen LogP contribution in [0.2, 0.25) is 0 Å². The molecule has 7 nitrogen and oxygen atoms in total. The summed E-state index contributed by atoms with van der Waals surface area (Å²) in [6.45, 7) is 0.0327. The smallest absolute Gasteiger partial charge is 0.408 e. The van der Waals surface area contributed by atoms with Gasteiger partial charge >= 0.3 is 6.09 Å². The van der Waals surface area contributed by atoms with E-state index in [1.807, 2.05) is 60.7 Å². The number of benzene rings is 4. The fraction of sp³-hybridized carbons (Fsp3) is 0.129. The van der Waals surface area contributed by atoms with Gasteiger partial charge in [0.25, 0.3) is 5.91 Å². The number of ketones is 1. The third-order valence-electron chi connectivity index (χ3n) is 6.23. The molecule has 2 amide bonds. The van der Waals surface area contributed by atoms with Gasteiger partial charge in [0.15, 0.2) is 11.4 Å². The second-order valence-corrected chi connectivity index (χ2v) is 8.80. The first-order valence-corrected chi connectivity index (χ1v) is 12.1. The summed E-state index contributed by atoms with van der Waals surface area (Å²) in [5, 5.41) is 14.3. The Morgan fingerprint density at radius 1 is 0.763 bits per heavy atom. The molecule has 0 aromatic heterocycles. The fourth-order valence-corrected chi connectivity index (χ4v) is 4.28. The van der Waals surface area contributed by atoms with Crippen molar-refractivity contribution in [3.05, 3.63) is 143 Å². The maximum Gasteiger partial charge on any atom is 0.408 e. The van der Waals surface area contributed by atoms with Gasteiger partial charge in [0, 0.05) is 17.5 Å². The normalized spacial score (nSPS) is 13.1. The monoisotopic (exact) mass is 508 g/mol. The van der Waals surface area contributed by atoms with Crippen molar-refractivity contribution in [2.24, 2.45) is 5.73 Å². The lowest BCUT2D eigenvalue weighted by Crippen LogP contribution is -2.46. The molecule has 0 bridgehead atoms. The molecule has 7 heteroatoms. The Hall–Kier alpha value is -4.75. The van der Waals surface area contributed by atoms with E-state index in [0.29, 0.717) is 0 Å². The van der Waals surface area contributed by atoms with Crippen molar-refractivity contribution in [2.75, 3.05) is 0 Å². The molecule has 4 aromatic carbocycles. The maximum absolute atomic E-state index is 13.9. The predicted molar refractivity (Wildman–Crippen MR) is 143 cm³/mol. The molecule has 0 spiro atoms. The van der Waals surface area contributed by atoms with Crippen LogP contribution in [0.15, 0.2) is 115 Å².